The molecule has 0 aromatic heterocycles. The van der Waals surface area contributed by atoms with E-state index in [0.717, 1.165) is 10.0 Å². The number of rotatable bonds is 5. The van der Waals surface area contributed by atoms with Gasteiger partial charge in [-0.05, 0) is 48.7 Å². The minimum atomic E-state index is -0.428. The van der Waals surface area contributed by atoms with Gasteiger partial charge in [-0.1, -0.05) is 34.1 Å². The van der Waals surface area contributed by atoms with E-state index in [1.54, 1.807) is 24.3 Å². The van der Waals surface area contributed by atoms with Crippen LogP contribution in [0, 0.1) is 0 Å². The number of hydrogen-bond donors (Lipinski definition) is 1. The second kappa shape index (κ2) is 9.69. The van der Waals surface area contributed by atoms with Crippen LogP contribution in [0.5, 0.6) is 5.75 Å². The van der Waals surface area contributed by atoms with Crippen molar-refractivity contribution in [2.24, 2.45) is 0 Å². The quantitative estimate of drug-likeness (QED) is 0.550. The second-order valence-corrected chi connectivity index (χ2v) is 7.97. The van der Waals surface area contributed by atoms with Crippen LogP contribution in [-0.4, -0.2) is 41.8 Å². The Morgan fingerprint density at radius 2 is 1.83 bits per heavy atom. The Kier molecular flexibility index (Phi) is 7.04. The van der Waals surface area contributed by atoms with E-state index in [1.807, 2.05) is 29.2 Å². The van der Waals surface area contributed by atoms with E-state index in [-0.39, 0.29) is 17.9 Å². The van der Waals surface area contributed by atoms with E-state index >= 15 is 0 Å². The molecule has 3 rings (SSSR count). The Bertz CT molecular complexity index is 907. The van der Waals surface area contributed by atoms with Gasteiger partial charge < -0.3 is 15.0 Å². The minimum Gasteiger partial charge on any atom is -0.427 e. The standard InChI is InChI=1S/C22H23BrN2O4/c1-15(26)29-20-7-3-5-17(14-20)22(28)24-19-8-10-25(11-9-19)21(27)13-16-4-2-6-18(23)12-16/h2-7,12,14,19H,8-11,13H2,1H3,(H,24,28). The highest BCUT2D eigenvalue weighted by atomic mass is 79.9. The van der Waals surface area contributed by atoms with Gasteiger partial charge in [0.25, 0.3) is 5.91 Å². The summed E-state index contributed by atoms with van der Waals surface area (Å²) in [6, 6.07) is 14.3. The van der Waals surface area contributed by atoms with Gasteiger partial charge in [-0.3, -0.25) is 14.4 Å². The molecule has 1 aliphatic rings. The third-order valence-electron chi connectivity index (χ3n) is 4.79. The van der Waals surface area contributed by atoms with E-state index in [4.69, 9.17) is 4.74 Å². The van der Waals surface area contributed by atoms with Crippen molar-refractivity contribution < 1.29 is 19.1 Å². The molecular formula is C22H23BrN2O4. The average molecular weight is 459 g/mol. The molecule has 0 radical (unpaired) electrons. The first-order valence-corrected chi connectivity index (χ1v) is 10.3. The molecular weight excluding hydrogens is 436 g/mol. The Balaban J connectivity index is 1.50. The Hall–Kier alpha value is -2.67. The van der Waals surface area contributed by atoms with Crippen LogP contribution in [0.2, 0.25) is 0 Å². The highest BCUT2D eigenvalue weighted by Gasteiger charge is 2.24. The van der Waals surface area contributed by atoms with Gasteiger partial charge in [0.05, 0.1) is 6.42 Å². The van der Waals surface area contributed by atoms with Gasteiger partial charge in [-0.15, -0.1) is 0 Å². The van der Waals surface area contributed by atoms with Crippen molar-refractivity contribution >= 4 is 33.7 Å². The van der Waals surface area contributed by atoms with Crippen LogP contribution in [0.3, 0.4) is 0 Å². The van der Waals surface area contributed by atoms with Gasteiger partial charge in [0.2, 0.25) is 5.91 Å². The van der Waals surface area contributed by atoms with Gasteiger partial charge in [0, 0.05) is 36.1 Å². The maximum absolute atomic E-state index is 12.5. The summed E-state index contributed by atoms with van der Waals surface area (Å²) in [7, 11) is 0. The monoisotopic (exact) mass is 458 g/mol. The largest absolute Gasteiger partial charge is 0.427 e. The number of carbonyl (C=O) groups is 3. The molecule has 0 unspecified atom stereocenters. The summed E-state index contributed by atoms with van der Waals surface area (Å²) >= 11 is 3.42. The molecule has 1 heterocycles. The van der Waals surface area contributed by atoms with E-state index in [2.05, 4.69) is 21.2 Å². The predicted octanol–water partition coefficient (Wildman–Crippen LogP) is 3.34. The summed E-state index contributed by atoms with van der Waals surface area (Å²) in [6.07, 6.45) is 1.79. The summed E-state index contributed by atoms with van der Waals surface area (Å²) in [4.78, 5) is 38.0. The number of hydrogen-bond acceptors (Lipinski definition) is 4. The first-order valence-electron chi connectivity index (χ1n) is 9.52. The lowest BCUT2D eigenvalue weighted by Crippen LogP contribution is -2.47. The molecule has 0 spiro atoms. The van der Waals surface area contributed by atoms with Crippen LogP contribution >= 0.6 is 15.9 Å². The maximum Gasteiger partial charge on any atom is 0.308 e. The number of nitrogens with zero attached hydrogens (tertiary/aromatic N) is 1. The fourth-order valence-electron chi connectivity index (χ4n) is 3.34. The fraction of sp³-hybridized carbons (Fsp3) is 0.318. The molecule has 1 fully saturated rings. The first kappa shape index (κ1) is 21.0. The highest BCUT2D eigenvalue weighted by Crippen LogP contribution is 2.17. The number of nitrogens with one attached hydrogen (secondary N) is 1. The van der Waals surface area contributed by atoms with Crippen LogP contribution in [-0.2, 0) is 16.0 Å². The van der Waals surface area contributed by atoms with Gasteiger partial charge >= 0.3 is 5.97 Å². The van der Waals surface area contributed by atoms with Crippen LogP contribution in [0.25, 0.3) is 0 Å². The lowest BCUT2D eigenvalue weighted by atomic mass is 10.0. The average Bonchev–Trinajstić information content (AvgIpc) is 2.68. The lowest BCUT2D eigenvalue weighted by molar-refractivity contribution is -0.132. The Morgan fingerprint density at radius 3 is 2.52 bits per heavy atom. The molecule has 152 valence electrons. The normalized spacial score (nSPS) is 14.3. The Labute approximate surface area is 178 Å². The van der Waals surface area contributed by atoms with Crippen LogP contribution in [0.4, 0.5) is 0 Å². The molecule has 0 aliphatic carbocycles. The topological polar surface area (TPSA) is 75.7 Å². The second-order valence-electron chi connectivity index (χ2n) is 7.06. The smallest absolute Gasteiger partial charge is 0.308 e. The van der Waals surface area contributed by atoms with Gasteiger partial charge in [-0.2, -0.15) is 0 Å². The number of piperidine rings is 1. The molecule has 2 aromatic carbocycles. The number of likely N-dealkylation sites (tertiary alicyclic amines) is 1. The highest BCUT2D eigenvalue weighted by molar-refractivity contribution is 9.10. The molecule has 0 bridgehead atoms. The van der Waals surface area contributed by atoms with Crippen LogP contribution in [0.15, 0.2) is 53.0 Å². The van der Waals surface area contributed by atoms with Crippen LogP contribution in [0.1, 0.15) is 35.7 Å². The van der Waals surface area contributed by atoms with Crippen molar-refractivity contribution in [3.05, 3.63) is 64.1 Å². The third kappa shape index (κ3) is 6.15. The number of ether oxygens (including phenoxy) is 1. The zero-order chi connectivity index (χ0) is 20.8. The SMILES string of the molecule is CC(=O)Oc1cccc(C(=O)NC2CCN(C(=O)Cc3cccc(Br)c3)CC2)c1. The van der Waals surface area contributed by atoms with Gasteiger partial charge in [0.15, 0.2) is 0 Å². The zero-order valence-electron chi connectivity index (χ0n) is 16.2. The molecule has 29 heavy (non-hydrogen) atoms. The molecule has 1 saturated heterocycles. The molecule has 2 aromatic rings. The molecule has 1 aliphatic heterocycles. The Morgan fingerprint density at radius 1 is 1.10 bits per heavy atom. The lowest BCUT2D eigenvalue weighted by Gasteiger charge is -2.32. The molecule has 0 atom stereocenters. The molecule has 6 nitrogen and oxygen atoms in total. The van der Waals surface area contributed by atoms with Crippen molar-refractivity contribution in [1.82, 2.24) is 10.2 Å². The number of esters is 1. The predicted molar refractivity (Wildman–Crippen MR) is 113 cm³/mol. The maximum atomic E-state index is 12.5. The van der Waals surface area contributed by atoms with E-state index in [0.29, 0.717) is 43.7 Å². The molecule has 7 heteroatoms. The first-order chi connectivity index (χ1) is 13.9. The number of halogens is 1. The summed E-state index contributed by atoms with van der Waals surface area (Å²) in [6.45, 7) is 2.55. The van der Waals surface area contributed by atoms with Gasteiger partial charge in [0.1, 0.15) is 5.75 Å². The number of amides is 2. The fourth-order valence-corrected chi connectivity index (χ4v) is 3.79. The molecule has 1 N–H and O–H groups in total. The number of carbonyl (C=O) groups excluding carboxylic acids is 3. The molecule has 2 amide bonds. The number of benzene rings is 2. The van der Waals surface area contributed by atoms with E-state index in [9.17, 15) is 14.4 Å². The van der Waals surface area contributed by atoms with Crippen molar-refractivity contribution in [2.45, 2.75) is 32.2 Å². The zero-order valence-corrected chi connectivity index (χ0v) is 17.8. The van der Waals surface area contributed by atoms with Crippen molar-refractivity contribution in [1.29, 1.82) is 0 Å². The van der Waals surface area contributed by atoms with Crippen molar-refractivity contribution in [3.8, 4) is 5.75 Å². The summed E-state index contributed by atoms with van der Waals surface area (Å²) in [5.74, 6) is -0.194. The van der Waals surface area contributed by atoms with Crippen molar-refractivity contribution in [2.75, 3.05) is 13.1 Å². The molecule has 0 saturated carbocycles. The van der Waals surface area contributed by atoms with Crippen molar-refractivity contribution in [3.63, 3.8) is 0 Å². The van der Waals surface area contributed by atoms with Gasteiger partial charge in [-0.25, -0.2) is 0 Å². The van der Waals surface area contributed by atoms with Crippen LogP contribution < -0.4 is 10.1 Å². The summed E-state index contributed by atoms with van der Waals surface area (Å²) in [5, 5.41) is 3.01. The summed E-state index contributed by atoms with van der Waals surface area (Å²) < 4.78 is 5.99. The third-order valence-corrected chi connectivity index (χ3v) is 5.28. The van der Waals surface area contributed by atoms with E-state index < -0.39 is 5.97 Å². The van der Waals surface area contributed by atoms with E-state index in [1.165, 1.54) is 6.92 Å². The minimum absolute atomic E-state index is 0.00908. The summed E-state index contributed by atoms with van der Waals surface area (Å²) in [5.41, 5.74) is 1.42.